The molecular weight excluding hydrogens is 496 g/mol. The van der Waals surface area contributed by atoms with E-state index in [0.29, 0.717) is 36.5 Å². The first kappa shape index (κ1) is 33.7. The molecule has 0 bridgehead atoms. The predicted octanol–water partition coefficient (Wildman–Crippen LogP) is 7.85. The molecule has 0 aliphatic rings. The molecular formula is C31H52O6Si. The van der Waals surface area contributed by atoms with Crippen molar-refractivity contribution in [2.24, 2.45) is 11.8 Å². The molecule has 0 aliphatic carbocycles. The second kappa shape index (κ2) is 18.1. The van der Waals surface area contributed by atoms with Gasteiger partial charge in [-0.05, 0) is 48.4 Å². The van der Waals surface area contributed by atoms with Crippen molar-refractivity contribution in [1.29, 1.82) is 0 Å². The summed E-state index contributed by atoms with van der Waals surface area (Å²) in [4.78, 5) is 26.3. The third-order valence-electron chi connectivity index (χ3n) is 6.59. The molecule has 38 heavy (non-hydrogen) atoms. The standard InChI is InChI=1S/C31H52O6Si/c1-9-13-15-24(11-3)21-35-30(32)27(31(33)36-22-25(12-4)16-14-10-2)19-26-17-18-28(29(20-26)34-5)37-23-38(6,7)8/h17-20,24-25H,9-16,21-23H2,1-8H3. The third-order valence-corrected chi connectivity index (χ3v) is 7.60. The van der Waals surface area contributed by atoms with E-state index >= 15 is 0 Å². The first-order chi connectivity index (χ1) is 18.1. The molecule has 2 unspecified atom stereocenters. The van der Waals surface area contributed by atoms with Crippen molar-refractivity contribution in [3.63, 3.8) is 0 Å². The van der Waals surface area contributed by atoms with Gasteiger partial charge in [0.2, 0.25) is 0 Å². The summed E-state index contributed by atoms with van der Waals surface area (Å²) >= 11 is 0. The van der Waals surface area contributed by atoms with E-state index in [2.05, 4.69) is 47.3 Å². The van der Waals surface area contributed by atoms with E-state index in [4.69, 9.17) is 18.9 Å². The fourth-order valence-electron chi connectivity index (χ4n) is 3.89. The van der Waals surface area contributed by atoms with Crippen LogP contribution in [-0.4, -0.2) is 46.6 Å². The van der Waals surface area contributed by atoms with E-state index in [1.807, 2.05) is 12.1 Å². The van der Waals surface area contributed by atoms with Gasteiger partial charge in [0.1, 0.15) is 5.57 Å². The lowest BCUT2D eigenvalue weighted by molar-refractivity contribution is -0.148. The zero-order valence-corrected chi connectivity index (χ0v) is 26.2. The number of ether oxygens (including phenoxy) is 4. The highest BCUT2D eigenvalue weighted by Gasteiger charge is 2.24. The Bertz CT molecular complexity index is 840. The van der Waals surface area contributed by atoms with Gasteiger partial charge in [-0.3, -0.25) is 0 Å². The maximum Gasteiger partial charge on any atom is 0.345 e. The Morgan fingerprint density at radius 3 is 1.79 bits per heavy atom. The van der Waals surface area contributed by atoms with Crippen molar-refractivity contribution in [1.82, 2.24) is 0 Å². The zero-order valence-electron chi connectivity index (χ0n) is 25.2. The summed E-state index contributed by atoms with van der Waals surface area (Å²) < 4.78 is 22.8. The summed E-state index contributed by atoms with van der Waals surface area (Å²) in [6, 6.07) is 5.40. The zero-order chi connectivity index (χ0) is 28.6. The van der Waals surface area contributed by atoms with Gasteiger partial charge in [0.25, 0.3) is 0 Å². The lowest BCUT2D eigenvalue weighted by Crippen LogP contribution is -2.30. The first-order valence-corrected chi connectivity index (χ1v) is 18.2. The molecule has 6 nitrogen and oxygen atoms in total. The minimum atomic E-state index is -1.42. The minimum absolute atomic E-state index is 0.0986. The van der Waals surface area contributed by atoms with Crippen molar-refractivity contribution in [3.05, 3.63) is 29.3 Å². The van der Waals surface area contributed by atoms with Gasteiger partial charge in [-0.15, -0.1) is 0 Å². The molecule has 1 rings (SSSR count). The fourth-order valence-corrected chi connectivity index (χ4v) is 4.48. The van der Waals surface area contributed by atoms with E-state index in [-0.39, 0.29) is 17.4 Å². The Balaban J connectivity index is 3.17. The number of rotatable bonds is 19. The van der Waals surface area contributed by atoms with E-state index < -0.39 is 20.0 Å². The van der Waals surface area contributed by atoms with Gasteiger partial charge in [0.05, 0.1) is 34.6 Å². The Morgan fingerprint density at radius 2 is 1.37 bits per heavy atom. The fraction of sp³-hybridized carbons (Fsp3) is 0.677. The van der Waals surface area contributed by atoms with Gasteiger partial charge < -0.3 is 18.9 Å². The molecule has 2 atom stereocenters. The molecule has 0 N–H and O–H groups in total. The van der Waals surface area contributed by atoms with Crippen LogP contribution in [0.5, 0.6) is 11.5 Å². The van der Waals surface area contributed by atoms with Crippen molar-refractivity contribution in [2.75, 3.05) is 26.6 Å². The van der Waals surface area contributed by atoms with Crippen LogP contribution in [-0.2, 0) is 19.1 Å². The Labute approximate surface area is 232 Å². The number of hydrogen-bond acceptors (Lipinski definition) is 6. The summed E-state index contributed by atoms with van der Waals surface area (Å²) in [5.41, 5.74) is 0.542. The molecule has 0 aromatic heterocycles. The number of benzene rings is 1. The van der Waals surface area contributed by atoms with Crippen molar-refractivity contribution in [2.45, 2.75) is 98.7 Å². The van der Waals surface area contributed by atoms with Crippen LogP contribution >= 0.6 is 0 Å². The average Bonchev–Trinajstić information content (AvgIpc) is 2.90. The average molecular weight is 549 g/mol. The highest BCUT2D eigenvalue weighted by Crippen LogP contribution is 2.30. The van der Waals surface area contributed by atoms with Crippen LogP contribution in [0.3, 0.4) is 0 Å². The molecule has 0 fully saturated rings. The molecule has 0 aliphatic heterocycles. The Kier molecular flexibility index (Phi) is 16.1. The van der Waals surface area contributed by atoms with Crippen molar-refractivity contribution in [3.8, 4) is 11.5 Å². The van der Waals surface area contributed by atoms with Gasteiger partial charge in [0, 0.05) is 0 Å². The van der Waals surface area contributed by atoms with Crippen molar-refractivity contribution >= 4 is 26.1 Å². The SMILES string of the molecule is CCCCC(CC)COC(=O)C(=Cc1ccc(OC[Si](C)(C)C)c(OC)c1)C(=O)OCC(CC)CCCC. The maximum atomic E-state index is 13.2. The van der Waals surface area contributed by atoms with Crippen LogP contribution in [0.2, 0.25) is 19.6 Å². The van der Waals surface area contributed by atoms with Crippen LogP contribution in [0.15, 0.2) is 23.8 Å². The topological polar surface area (TPSA) is 71.1 Å². The lowest BCUT2D eigenvalue weighted by atomic mass is 10.0. The third kappa shape index (κ3) is 13.0. The predicted molar refractivity (Wildman–Crippen MR) is 158 cm³/mol. The molecule has 216 valence electrons. The van der Waals surface area contributed by atoms with Gasteiger partial charge >= 0.3 is 11.9 Å². The van der Waals surface area contributed by atoms with Crippen LogP contribution in [0.25, 0.3) is 6.08 Å². The van der Waals surface area contributed by atoms with Crippen molar-refractivity contribution < 1.29 is 28.5 Å². The molecule has 7 heteroatoms. The van der Waals surface area contributed by atoms with E-state index in [0.717, 1.165) is 51.4 Å². The molecule has 1 aromatic carbocycles. The number of esters is 2. The van der Waals surface area contributed by atoms with E-state index in [1.165, 1.54) is 6.08 Å². The largest absolute Gasteiger partial charge is 0.493 e. The quantitative estimate of drug-likeness (QED) is 0.0576. The molecule has 0 amide bonds. The Hall–Kier alpha value is -2.28. The second-order valence-electron chi connectivity index (χ2n) is 11.3. The van der Waals surface area contributed by atoms with Crippen LogP contribution in [0.4, 0.5) is 0 Å². The number of methoxy groups -OCH3 is 1. The summed E-state index contributed by atoms with van der Waals surface area (Å²) in [6.07, 6.45) is 10.4. The molecule has 0 heterocycles. The van der Waals surface area contributed by atoms with Gasteiger partial charge in [-0.1, -0.05) is 91.9 Å². The Morgan fingerprint density at radius 1 is 0.842 bits per heavy atom. The van der Waals surface area contributed by atoms with Gasteiger partial charge in [-0.25, -0.2) is 9.59 Å². The van der Waals surface area contributed by atoms with Gasteiger partial charge in [-0.2, -0.15) is 0 Å². The molecule has 0 spiro atoms. The van der Waals surface area contributed by atoms with Gasteiger partial charge in [0.15, 0.2) is 11.5 Å². The smallest absolute Gasteiger partial charge is 0.345 e. The highest BCUT2D eigenvalue weighted by molar-refractivity contribution is 6.76. The summed E-state index contributed by atoms with van der Waals surface area (Å²) in [5.74, 6) is 0.445. The lowest BCUT2D eigenvalue weighted by Gasteiger charge is -2.19. The van der Waals surface area contributed by atoms with E-state index in [9.17, 15) is 9.59 Å². The summed E-state index contributed by atoms with van der Waals surface area (Å²) in [5, 5.41) is 0. The summed E-state index contributed by atoms with van der Waals surface area (Å²) in [6.45, 7) is 15.8. The maximum absolute atomic E-state index is 13.2. The molecule has 0 saturated carbocycles. The molecule has 0 saturated heterocycles. The number of carbonyl (C=O) groups excluding carboxylic acids is 2. The number of hydrogen-bond donors (Lipinski definition) is 0. The molecule has 1 aromatic rings. The van der Waals surface area contributed by atoms with Crippen LogP contribution < -0.4 is 9.47 Å². The van der Waals surface area contributed by atoms with Crippen LogP contribution in [0.1, 0.15) is 84.6 Å². The second-order valence-corrected chi connectivity index (χ2v) is 16.8. The number of carbonyl (C=O) groups is 2. The molecule has 0 radical (unpaired) electrons. The monoisotopic (exact) mass is 548 g/mol. The summed E-state index contributed by atoms with van der Waals surface area (Å²) in [7, 11) is 0.161. The highest BCUT2D eigenvalue weighted by atomic mass is 28.3. The van der Waals surface area contributed by atoms with Crippen LogP contribution in [0, 0.1) is 11.8 Å². The number of unbranched alkanes of at least 4 members (excludes halogenated alkanes) is 2. The van der Waals surface area contributed by atoms with E-state index in [1.54, 1.807) is 13.2 Å². The normalized spacial score (nSPS) is 12.8. The minimum Gasteiger partial charge on any atom is -0.493 e. The first-order valence-electron chi connectivity index (χ1n) is 14.4.